The third-order valence-electron chi connectivity index (χ3n) is 5.07. The summed E-state index contributed by atoms with van der Waals surface area (Å²) in [6.45, 7) is 22.9. The lowest BCUT2D eigenvalue weighted by molar-refractivity contribution is 0.157. The predicted octanol–water partition coefficient (Wildman–Crippen LogP) is 10.6. The van der Waals surface area contributed by atoms with Crippen molar-refractivity contribution >= 4 is 17.7 Å². The Kier molecular flexibility index (Phi) is 27.7. The highest BCUT2D eigenvalue weighted by atomic mass is 35.5. The second kappa shape index (κ2) is 28.0. The number of carbonyl (C=O) groups excluding carboxylic acids is 1. The molecule has 40 heavy (non-hydrogen) atoms. The first-order valence-electron chi connectivity index (χ1n) is 15.1. The number of carbonyl (C=O) groups is 1. The maximum atomic E-state index is 11.4. The van der Waals surface area contributed by atoms with Crippen LogP contribution in [0.4, 0.5) is 4.79 Å². The Morgan fingerprint density at radius 3 is 1.82 bits per heavy atom. The summed E-state index contributed by atoms with van der Waals surface area (Å²) in [5, 5.41) is 4.20. The summed E-state index contributed by atoms with van der Waals surface area (Å²) < 4.78 is 4.92. The molecule has 2 aromatic carbocycles. The van der Waals surface area contributed by atoms with Crippen LogP contribution < -0.4 is 5.32 Å². The summed E-state index contributed by atoms with van der Waals surface area (Å²) in [5.41, 5.74) is 4.79. The molecule has 0 spiro atoms. The molecule has 0 aromatic heterocycles. The van der Waals surface area contributed by atoms with Gasteiger partial charge in [0.15, 0.2) is 0 Å². The van der Waals surface area contributed by atoms with Gasteiger partial charge < -0.3 is 15.0 Å². The number of hydrogen-bond donors (Lipinski definition) is 1. The minimum Gasteiger partial charge on any atom is -0.448 e. The Morgan fingerprint density at radius 2 is 1.40 bits per heavy atom. The number of ether oxygens (including phenoxy) is 1. The monoisotopic (exact) mass is 572 g/mol. The molecule has 1 N–H and O–H groups in total. The number of nitrogens with one attached hydrogen (secondary N) is 1. The van der Waals surface area contributed by atoms with Crippen molar-refractivity contribution in [3.63, 3.8) is 0 Å². The number of halogens is 1. The van der Waals surface area contributed by atoms with Gasteiger partial charge in [0.1, 0.15) is 6.61 Å². The smallest absolute Gasteiger partial charge is 0.410 e. The fourth-order valence-electron chi connectivity index (χ4n) is 3.08. The van der Waals surface area contributed by atoms with Crippen molar-refractivity contribution in [2.24, 2.45) is 0 Å². The van der Waals surface area contributed by atoms with Gasteiger partial charge >= 0.3 is 6.09 Å². The lowest BCUT2D eigenvalue weighted by Gasteiger charge is -2.12. The van der Waals surface area contributed by atoms with Crippen LogP contribution in [0.2, 0.25) is 0 Å². The summed E-state index contributed by atoms with van der Waals surface area (Å²) in [7, 11) is 0. The van der Waals surface area contributed by atoms with E-state index in [1.165, 1.54) is 49.1 Å². The minimum absolute atomic E-state index is 0.216. The average Bonchev–Trinajstić information content (AvgIpc) is 3.39. The van der Waals surface area contributed by atoms with Crippen molar-refractivity contribution in [2.75, 3.05) is 26.2 Å². The van der Waals surface area contributed by atoms with Crippen LogP contribution in [0.25, 0.3) is 11.1 Å². The van der Waals surface area contributed by atoms with E-state index in [1.807, 2.05) is 51.1 Å². The normalized spacial score (nSPS) is 11.7. The molecular formula is C35H57ClN2O2. The van der Waals surface area contributed by atoms with Crippen LogP contribution in [0.1, 0.15) is 93.6 Å². The minimum atomic E-state index is -0.216. The first-order valence-corrected chi connectivity index (χ1v) is 15.5. The SMILES string of the molecule is CC.CC/C(Cl)=C\C=C(C)C.CCC.CCCNCCC.O=C1OCCN1Cc1ccc(-c2ccccc2)cc1. The molecule has 0 saturated carbocycles. The number of allylic oxidation sites excluding steroid dienone is 4. The number of benzene rings is 2. The molecule has 0 aliphatic carbocycles. The van der Waals surface area contributed by atoms with E-state index in [1.54, 1.807) is 4.90 Å². The molecular weight excluding hydrogens is 516 g/mol. The van der Waals surface area contributed by atoms with E-state index in [-0.39, 0.29) is 6.09 Å². The Hall–Kier alpha value is -2.56. The van der Waals surface area contributed by atoms with E-state index in [0.717, 1.165) is 17.0 Å². The molecule has 1 amide bonds. The molecule has 1 saturated heterocycles. The largest absolute Gasteiger partial charge is 0.448 e. The van der Waals surface area contributed by atoms with E-state index in [2.05, 4.69) is 83.3 Å². The van der Waals surface area contributed by atoms with Gasteiger partial charge in [-0.3, -0.25) is 0 Å². The van der Waals surface area contributed by atoms with Crippen LogP contribution in [-0.4, -0.2) is 37.2 Å². The zero-order valence-corrected chi connectivity index (χ0v) is 27.6. The third-order valence-corrected chi connectivity index (χ3v) is 5.46. The van der Waals surface area contributed by atoms with Crippen LogP contribution in [0.3, 0.4) is 0 Å². The zero-order chi connectivity index (χ0) is 30.6. The van der Waals surface area contributed by atoms with Crippen LogP contribution in [-0.2, 0) is 11.3 Å². The maximum absolute atomic E-state index is 11.4. The summed E-state index contributed by atoms with van der Waals surface area (Å²) in [4.78, 5) is 13.1. The highest BCUT2D eigenvalue weighted by Gasteiger charge is 2.21. The Morgan fingerprint density at radius 1 is 0.875 bits per heavy atom. The molecule has 4 nitrogen and oxygen atoms in total. The number of nitrogens with zero attached hydrogens (tertiary/aromatic N) is 1. The molecule has 1 aliphatic rings. The molecule has 1 heterocycles. The molecule has 1 fully saturated rings. The van der Waals surface area contributed by atoms with Gasteiger partial charge in [-0.15, -0.1) is 0 Å². The molecule has 0 unspecified atom stereocenters. The average molecular weight is 573 g/mol. The third kappa shape index (κ3) is 21.3. The van der Waals surface area contributed by atoms with Gasteiger partial charge in [0.2, 0.25) is 0 Å². The summed E-state index contributed by atoms with van der Waals surface area (Å²) >= 11 is 5.73. The van der Waals surface area contributed by atoms with Crippen LogP contribution in [0.15, 0.2) is 77.4 Å². The van der Waals surface area contributed by atoms with Crippen LogP contribution in [0, 0.1) is 0 Å². The van der Waals surface area contributed by atoms with E-state index < -0.39 is 0 Å². The standard InChI is InChI=1S/C16H15NO2.C8H13Cl.C6H15N.C3H8.C2H6/c18-16-17(10-11-19-16)12-13-6-8-15(9-7-13)14-4-2-1-3-5-14;1-4-8(9)6-5-7(2)3;1-3-5-7-6-4-2;1-3-2;1-2/h1-9H,10-12H2;5-6H,4H2,1-3H3;7H,3-6H2,1-2H3;3H2,1-2H3;1-2H3/b;8-6+;;;. The highest BCUT2D eigenvalue weighted by Crippen LogP contribution is 2.20. The number of amides is 1. The van der Waals surface area contributed by atoms with Crippen molar-refractivity contribution in [3.8, 4) is 11.1 Å². The van der Waals surface area contributed by atoms with Gasteiger partial charge in [-0.25, -0.2) is 4.79 Å². The van der Waals surface area contributed by atoms with Crippen molar-refractivity contribution in [2.45, 2.75) is 94.5 Å². The topological polar surface area (TPSA) is 41.6 Å². The summed E-state index contributed by atoms with van der Waals surface area (Å²) in [6.07, 6.45) is 8.42. The van der Waals surface area contributed by atoms with Crippen molar-refractivity contribution in [3.05, 3.63) is 82.9 Å². The van der Waals surface area contributed by atoms with Crippen LogP contribution in [0.5, 0.6) is 0 Å². The maximum Gasteiger partial charge on any atom is 0.410 e. The Balaban J connectivity index is 0. The Labute approximate surface area is 251 Å². The van der Waals surface area contributed by atoms with Gasteiger partial charge in [-0.2, -0.15) is 0 Å². The molecule has 5 heteroatoms. The lowest BCUT2D eigenvalue weighted by Crippen LogP contribution is -2.23. The number of rotatable bonds is 9. The first kappa shape index (κ1) is 39.6. The molecule has 3 rings (SSSR count). The van der Waals surface area contributed by atoms with E-state index in [4.69, 9.17) is 16.3 Å². The van der Waals surface area contributed by atoms with Crippen molar-refractivity contribution in [1.29, 1.82) is 0 Å². The van der Waals surface area contributed by atoms with Gasteiger partial charge in [0, 0.05) is 11.6 Å². The Bertz CT molecular complexity index is 901. The predicted molar refractivity (Wildman–Crippen MR) is 178 cm³/mol. The molecule has 226 valence electrons. The molecule has 2 aromatic rings. The summed E-state index contributed by atoms with van der Waals surface area (Å²) in [6, 6.07) is 18.6. The fraction of sp³-hybridized carbons (Fsp3) is 0.514. The van der Waals surface area contributed by atoms with Gasteiger partial charge in [-0.1, -0.05) is 133 Å². The second-order valence-corrected chi connectivity index (χ2v) is 9.75. The lowest BCUT2D eigenvalue weighted by atomic mass is 10.0. The molecule has 0 atom stereocenters. The second-order valence-electron chi connectivity index (χ2n) is 9.27. The molecule has 0 radical (unpaired) electrons. The van der Waals surface area contributed by atoms with Gasteiger partial charge in [0.05, 0.1) is 6.54 Å². The molecule has 0 bridgehead atoms. The van der Waals surface area contributed by atoms with Crippen LogP contribution >= 0.6 is 11.6 Å². The van der Waals surface area contributed by atoms with E-state index in [9.17, 15) is 4.79 Å². The van der Waals surface area contributed by atoms with Crippen molar-refractivity contribution in [1.82, 2.24) is 10.2 Å². The summed E-state index contributed by atoms with van der Waals surface area (Å²) in [5.74, 6) is 0. The first-order chi connectivity index (χ1) is 19.3. The molecule has 1 aliphatic heterocycles. The number of hydrogen-bond acceptors (Lipinski definition) is 3. The van der Waals surface area contributed by atoms with Gasteiger partial charge in [0.25, 0.3) is 0 Å². The van der Waals surface area contributed by atoms with Gasteiger partial charge in [-0.05, 0) is 69.0 Å². The fourth-order valence-corrected chi connectivity index (χ4v) is 3.14. The highest BCUT2D eigenvalue weighted by molar-refractivity contribution is 6.29. The van der Waals surface area contributed by atoms with Crippen molar-refractivity contribution < 1.29 is 9.53 Å². The number of cyclic esters (lactones) is 1. The quantitative estimate of drug-likeness (QED) is 0.240. The van der Waals surface area contributed by atoms with E-state index >= 15 is 0 Å². The van der Waals surface area contributed by atoms with E-state index in [0.29, 0.717) is 19.7 Å². The zero-order valence-electron chi connectivity index (χ0n) is 26.9.